The zero-order chi connectivity index (χ0) is 20.5. The largest absolute Gasteiger partial charge is 0.346 e. The third kappa shape index (κ3) is 3.67. The monoisotopic (exact) mass is 415 g/mol. The fraction of sp³-hybridized carbons (Fsp3) is 0.300. The predicted molar refractivity (Wildman–Crippen MR) is 107 cm³/mol. The number of nitrogens with zero attached hydrogens (tertiary/aromatic N) is 4. The smallest absolute Gasteiger partial charge is 0.324 e. The van der Waals surface area contributed by atoms with Crippen LogP contribution in [0.3, 0.4) is 0 Å². The Balaban J connectivity index is 1.64. The molecule has 2 aromatic heterocycles. The first-order valence-corrected chi connectivity index (χ1v) is 9.65. The predicted octanol–water partition coefficient (Wildman–Crippen LogP) is 3.11. The number of amides is 1. The van der Waals surface area contributed by atoms with E-state index < -0.39 is 11.7 Å². The molecule has 0 bridgehead atoms. The molecule has 0 saturated heterocycles. The number of carbonyl (C=O) groups excluding carboxylic acids is 1. The molecule has 3 heterocycles. The van der Waals surface area contributed by atoms with Gasteiger partial charge in [-0.1, -0.05) is 17.7 Å². The van der Waals surface area contributed by atoms with Gasteiger partial charge in [0.15, 0.2) is 0 Å². The number of hydrogen-bond donors (Lipinski definition) is 1. The summed E-state index contributed by atoms with van der Waals surface area (Å²) < 4.78 is 16.8. The van der Waals surface area contributed by atoms with Gasteiger partial charge >= 0.3 is 5.69 Å². The third-order valence-electron chi connectivity index (χ3n) is 5.12. The Morgan fingerprint density at radius 3 is 2.97 bits per heavy atom. The Hall–Kier alpha value is -3.00. The number of anilines is 1. The van der Waals surface area contributed by atoms with Gasteiger partial charge in [-0.25, -0.2) is 13.9 Å². The number of hydrogen-bond acceptors (Lipinski definition) is 4. The van der Waals surface area contributed by atoms with E-state index in [4.69, 9.17) is 11.6 Å². The minimum Gasteiger partial charge on any atom is -0.324 e. The summed E-state index contributed by atoms with van der Waals surface area (Å²) in [6, 6.07) is 6.16. The van der Waals surface area contributed by atoms with E-state index in [0.717, 1.165) is 5.56 Å². The zero-order valence-corrected chi connectivity index (χ0v) is 16.5. The van der Waals surface area contributed by atoms with Gasteiger partial charge in [0.05, 0.1) is 24.3 Å². The lowest BCUT2D eigenvalue weighted by Crippen LogP contribution is -2.32. The molecule has 1 unspecified atom stereocenters. The lowest BCUT2D eigenvalue weighted by Gasteiger charge is -2.21. The summed E-state index contributed by atoms with van der Waals surface area (Å²) in [6.07, 6.45) is 4.48. The Labute approximate surface area is 171 Å². The normalized spacial score (nSPS) is 15.8. The molecule has 4 rings (SSSR count). The molecule has 9 heteroatoms. The molecule has 29 heavy (non-hydrogen) atoms. The molecule has 7 nitrogen and oxygen atoms in total. The molecule has 0 aliphatic carbocycles. The lowest BCUT2D eigenvalue weighted by molar-refractivity contribution is -0.118. The number of nitrogens with one attached hydrogen (secondary N) is 1. The zero-order valence-electron chi connectivity index (χ0n) is 15.7. The molecule has 3 aromatic rings. The fourth-order valence-corrected chi connectivity index (χ4v) is 3.73. The molecular formula is C20H19ClFN5O2. The van der Waals surface area contributed by atoms with E-state index in [1.807, 2.05) is 6.92 Å². The topological polar surface area (TPSA) is 81.8 Å². The molecule has 1 aliphatic rings. The molecular weight excluding hydrogens is 397 g/mol. The average Bonchev–Trinajstić information content (AvgIpc) is 3.02. The lowest BCUT2D eigenvalue weighted by atomic mass is 9.98. The van der Waals surface area contributed by atoms with Crippen LogP contribution in [0.2, 0.25) is 5.02 Å². The number of rotatable bonds is 4. The van der Waals surface area contributed by atoms with Crippen LogP contribution in [0.1, 0.15) is 35.7 Å². The standard InChI is InChI=1S/C20H19ClFN5O2/c1-12-7-8-23-10-17(12)24-19(28)13-4-3-9-26-18(13)25-27(20(26)29)11-14-15(21)5-2-6-16(14)22/h2,5-8,10,13H,3-4,9,11H2,1H3,(H,24,28). The first-order valence-electron chi connectivity index (χ1n) is 9.27. The van der Waals surface area contributed by atoms with Gasteiger partial charge in [-0.2, -0.15) is 5.10 Å². The first-order chi connectivity index (χ1) is 14.0. The second-order valence-electron chi connectivity index (χ2n) is 7.02. The summed E-state index contributed by atoms with van der Waals surface area (Å²) in [5.41, 5.74) is 1.32. The molecule has 150 valence electrons. The summed E-state index contributed by atoms with van der Waals surface area (Å²) in [5.74, 6) is -0.944. The van der Waals surface area contributed by atoms with Crippen molar-refractivity contribution >= 4 is 23.2 Å². The molecule has 1 aromatic carbocycles. The minimum absolute atomic E-state index is 0.0968. The summed E-state index contributed by atoms with van der Waals surface area (Å²) in [5, 5.41) is 7.46. The highest BCUT2D eigenvalue weighted by Gasteiger charge is 2.32. The summed E-state index contributed by atoms with van der Waals surface area (Å²) in [4.78, 5) is 29.7. The fourth-order valence-electron chi connectivity index (χ4n) is 3.51. The van der Waals surface area contributed by atoms with Crippen molar-refractivity contribution < 1.29 is 9.18 Å². The van der Waals surface area contributed by atoms with Gasteiger partial charge in [-0.15, -0.1) is 0 Å². The molecule has 0 fully saturated rings. The Morgan fingerprint density at radius 2 is 2.21 bits per heavy atom. The number of benzene rings is 1. The van der Waals surface area contributed by atoms with Crippen LogP contribution in [0.5, 0.6) is 0 Å². The van der Waals surface area contributed by atoms with Crippen LogP contribution in [0.25, 0.3) is 0 Å². The number of aryl methyl sites for hydroxylation is 1. The molecule has 1 N–H and O–H groups in total. The van der Waals surface area contributed by atoms with Crippen LogP contribution in [-0.4, -0.2) is 25.2 Å². The summed E-state index contributed by atoms with van der Waals surface area (Å²) in [6.45, 7) is 2.25. The molecule has 0 radical (unpaired) electrons. The van der Waals surface area contributed by atoms with Gasteiger partial charge in [0.2, 0.25) is 5.91 Å². The second kappa shape index (κ2) is 7.79. The van der Waals surface area contributed by atoms with Crippen LogP contribution in [-0.2, 0) is 17.9 Å². The van der Waals surface area contributed by atoms with E-state index in [0.29, 0.717) is 30.9 Å². The van der Waals surface area contributed by atoms with Crippen LogP contribution in [0.15, 0.2) is 41.5 Å². The molecule has 1 amide bonds. The van der Waals surface area contributed by atoms with Gasteiger partial charge in [0.1, 0.15) is 11.6 Å². The maximum atomic E-state index is 14.1. The van der Waals surface area contributed by atoms with Crippen molar-refractivity contribution in [2.45, 2.75) is 38.8 Å². The maximum Gasteiger partial charge on any atom is 0.346 e. The van der Waals surface area contributed by atoms with Crippen LogP contribution in [0, 0.1) is 12.7 Å². The number of halogens is 2. The highest BCUT2D eigenvalue weighted by Crippen LogP contribution is 2.27. The van der Waals surface area contributed by atoms with Gasteiger partial charge in [-0.3, -0.25) is 14.3 Å². The molecule has 0 spiro atoms. The second-order valence-corrected chi connectivity index (χ2v) is 7.43. The number of carbonyl (C=O) groups is 1. The Bertz CT molecular complexity index is 1120. The van der Waals surface area contributed by atoms with Crippen molar-refractivity contribution in [3.63, 3.8) is 0 Å². The Morgan fingerprint density at radius 1 is 1.38 bits per heavy atom. The average molecular weight is 416 g/mol. The van der Waals surface area contributed by atoms with Crippen molar-refractivity contribution in [1.82, 2.24) is 19.3 Å². The molecule has 1 atom stereocenters. The van der Waals surface area contributed by atoms with E-state index >= 15 is 0 Å². The highest BCUT2D eigenvalue weighted by molar-refractivity contribution is 6.31. The van der Waals surface area contributed by atoms with E-state index in [9.17, 15) is 14.0 Å². The van der Waals surface area contributed by atoms with Crippen molar-refractivity contribution in [3.8, 4) is 0 Å². The van der Waals surface area contributed by atoms with Crippen molar-refractivity contribution in [2.24, 2.45) is 0 Å². The Kier molecular flexibility index (Phi) is 5.19. The number of pyridine rings is 1. The van der Waals surface area contributed by atoms with Crippen LogP contribution >= 0.6 is 11.6 Å². The number of aromatic nitrogens is 4. The van der Waals surface area contributed by atoms with Crippen molar-refractivity contribution in [3.05, 3.63) is 74.9 Å². The molecule has 0 saturated carbocycles. The number of fused-ring (bicyclic) bond motifs is 1. The minimum atomic E-state index is -0.576. The van der Waals surface area contributed by atoms with E-state index in [1.54, 1.807) is 24.5 Å². The third-order valence-corrected chi connectivity index (χ3v) is 5.47. The summed E-state index contributed by atoms with van der Waals surface area (Å²) in [7, 11) is 0. The van der Waals surface area contributed by atoms with E-state index in [2.05, 4.69) is 15.4 Å². The quantitative estimate of drug-likeness (QED) is 0.709. The van der Waals surface area contributed by atoms with Gasteiger partial charge in [-0.05, 0) is 43.5 Å². The van der Waals surface area contributed by atoms with Gasteiger partial charge in [0.25, 0.3) is 0 Å². The highest BCUT2D eigenvalue weighted by atomic mass is 35.5. The van der Waals surface area contributed by atoms with E-state index in [-0.39, 0.29) is 28.7 Å². The van der Waals surface area contributed by atoms with Crippen molar-refractivity contribution in [2.75, 3.05) is 5.32 Å². The van der Waals surface area contributed by atoms with Gasteiger partial charge < -0.3 is 5.32 Å². The first kappa shape index (κ1) is 19.3. The van der Waals surface area contributed by atoms with E-state index in [1.165, 1.54) is 21.4 Å². The maximum absolute atomic E-state index is 14.1. The van der Waals surface area contributed by atoms with Crippen LogP contribution in [0.4, 0.5) is 10.1 Å². The summed E-state index contributed by atoms with van der Waals surface area (Å²) >= 11 is 6.08. The van der Waals surface area contributed by atoms with Crippen LogP contribution < -0.4 is 11.0 Å². The van der Waals surface area contributed by atoms with Crippen molar-refractivity contribution in [1.29, 1.82) is 0 Å². The van der Waals surface area contributed by atoms with Gasteiger partial charge in [0, 0.05) is 23.3 Å². The molecule has 1 aliphatic heterocycles. The SMILES string of the molecule is Cc1ccncc1NC(=O)C1CCCn2c1nn(Cc1c(F)cccc1Cl)c2=O.